The second kappa shape index (κ2) is 7.49. The molecule has 1 N–H and O–H groups in total. The molecule has 3 rings (SSSR count). The highest BCUT2D eigenvalue weighted by Crippen LogP contribution is 2.29. The predicted octanol–water partition coefficient (Wildman–Crippen LogP) is 2.75. The van der Waals surface area contributed by atoms with Crippen molar-refractivity contribution < 1.29 is 17.9 Å². The number of hydrogen-bond acceptors (Lipinski definition) is 5. The Balaban J connectivity index is 1.81. The Hall–Kier alpha value is -3.00. The third kappa shape index (κ3) is 3.97. The second-order valence-corrected chi connectivity index (χ2v) is 7.17. The van der Waals surface area contributed by atoms with Crippen molar-refractivity contribution in [3.05, 3.63) is 66.5 Å². The van der Waals surface area contributed by atoms with Crippen LogP contribution in [0.4, 0.5) is 5.69 Å². The molecule has 0 aliphatic carbocycles. The average Bonchev–Trinajstić information content (AvgIpc) is 3.15. The fourth-order valence-corrected chi connectivity index (χ4v) is 3.71. The van der Waals surface area contributed by atoms with Crippen LogP contribution in [-0.2, 0) is 16.6 Å². The molecule has 0 radical (unpaired) electrons. The molecule has 3 aromatic rings. The van der Waals surface area contributed by atoms with E-state index in [1.165, 1.54) is 20.3 Å². The molecule has 136 valence electrons. The van der Waals surface area contributed by atoms with E-state index in [0.29, 0.717) is 18.0 Å². The molecule has 0 saturated heterocycles. The van der Waals surface area contributed by atoms with E-state index in [9.17, 15) is 8.42 Å². The SMILES string of the molecule is COc1ccc(OC)c(S(=O)(=O)Nc2ccc(Cn3cccn3)cc2)c1. The molecule has 8 heteroatoms. The minimum Gasteiger partial charge on any atom is -0.497 e. The lowest BCUT2D eigenvalue weighted by Gasteiger charge is -2.13. The van der Waals surface area contributed by atoms with Crippen LogP contribution in [0.2, 0.25) is 0 Å². The van der Waals surface area contributed by atoms with Crippen LogP contribution in [0.25, 0.3) is 0 Å². The first-order chi connectivity index (χ1) is 12.5. The van der Waals surface area contributed by atoms with Crippen LogP contribution in [0.5, 0.6) is 11.5 Å². The summed E-state index contributed by atoms with van der Waals surface area (Å²) in [6.07, 6.45) is 3.58. The normalized spacial score (nSPS) is 11.2. The zero-order chi connectivity index (χ0) is 18.6. The summed E-state index contributed by atoms with van der Waals surface area (Å²) in [6, 6.07) is 13.6. The number of ether oxygens (including phenoxy) is 2. The van der Waals surface area contributed by atoms with Crippen LogP contribution in [0, 0.1) is 0 Å². The smallest absolute Gasteiger partial charge is 0.265 e. The first-order valence-corrected chi connectivity index (χ1v) is 9.31. The molecule has 0 aliphatic heterocycles. The van der Waals surface area contributed by atoms with Crippen LogP contribution in [0.15, 0.2) is 65.8 Å². The summed E-state index contributed by atoms with van der Waals surface area (Å²) >= 11 is 0. The van der Waals surface area contributed by atoms with E-state index in [0.717, 1.165) is 5.56 Å². The van der Waals surface area contributed by atoms with Gasteiger partial charge in [0, 0.05) is 24.1 Å². The summed E-state index contributed by atoms with van der Waals surface area (Å²) in [5.41, 5.74) is 1.47. The van der Waals surface area contributed by atoms with E-state index in [1.807, 2.05) is 24.4 Å². The van der Waals surface area contributed by atoms with Crippen LogP contribution in [0.1, 0.15) is 5.56 Å². The van der Waals surface area contributed by atoms with E-state index in [-0.39, 0.29) is 10.6 Å². The molecular weight excluding hydrogens is 354 g/mol. The quantitative estimate of drug-likeness (QED) is 0.689. The zero-order valence-electron chi connectivity index (χ0n) is 14.4. The van der Waals surface area contributed by atoms with E-state index in [1.54, 1.807) is 35.1 Å². The monoisotopic (exact) mass is 373 g/mol. The standard InChI is InChI=1S/C18H19N3O4S/c1-24-16-8-9-17(25-2)18(12-16)26(22,23)20-15-6-4-14(5-7-15)13-21-11-3-10-19-21/h3-12,20H,13H2,1-2H3. The third-order valence-corrected chi connectivity index (χ3v) is 5.17. The molecule has 1 heterocycles. The molecule has 1 aromatic heterocycles. The summed E-state index contributed by atoms with van der Waals surface area (Å²) in [5, 5.41) is 4.15. The molecule has 0 atom stereocenters. The molecule has 0 unspecified atom stereocenters. The Morgan fingerprint density at radius 3 is 2.46 bits per heavy atom. The van der Waals surface area contributed by atoms with Gasteiger partial charge < -0.3 is 9.47 Å². The number of nitrogens with zero attached hydrogens (tertiary/aromatic N) is 2. The van der Waals surface area contributed by atoms with E-state index in [2.05, 4.69) is 9.82 Å². The second-order valence-electron chi connectivity index (χ2n) is 5.52. The van der Waals surface area contributed by atoms with Crippen LogP contribution in [0.3, 0.4) is 0 Å². The molecule has 0 aliphatic rings. The highest BCUT2D eigenvalue weighted by atomic mass is 32.2. The van der Waals surface area contributed by atoms with Gasteiger partial charge in [-0.3, -0.25) is 9.40 Å². The van der Waals surface area contributed by atoms with Gasteiger partial charge in [-0.25, -0.2) is 8.42 Å². The molecule has 0 spiro atoms. The van der Waals surface area contributed by atoms with Gasteiger partial charge >= 0.3 is 0 Å². The van der Waals surface area contributed by atoms with Crippen molar-refractivity contribution in [3.63, 3.8) is 0 Å². The number of sulfonamides is 1. The van der Waals surface area contributed by atoms with Gasteiger partial charge in [0.25, 0.3) is 10.0 Å². The average molecular weight is 373 g/mol. The van der Waals surface area contributed by atoms with Gasteiger partial charge in [0.05, 0.1) is 20.8 Å². The molecular formula is C18H19N3O4S. The van der Waals surface area contributed by atoms with E-state index >= 15 is 0 Å². The minimum absolute atomic E-state index is 0.0139. The summed E-state index contributed by atoms with van der Waals surface area (Å²) < 4.78 is 40.1. The summed E-state index contributed by atoms with van der Waals surface area (Å²) in [5.74, 6) is 0.675. The van der Waals surface area contributed by atoms with Gasteiger partial charge in [0.15, 0.2) is 0 Å². The highest BCUT2D eigenvalue weighted by Gasteiger charge is 2.20. The molecule has 0 fully saturated rings. The van der Waals surface area contributed by atoms with Crippen LogP contribution >= 0.6 is 0 Å². The summed E-state index contributed by atoms with van der Waals surface area (Å²) in [4.78, 5) is 0.0139. The minimum atomic E-state index is -3.82. The van der Waals surface area contributed by atoms with Crippen molar-refractivity contribution >= 4 is 15.7 Å². The van der Waals surface area contributed by atoms with Gasteiger partial charge in [-0.05, 0) is 35.9 Å². The predicted molar refractivity (Wildman–Crippen MR) is 98.1 cm³/mol. The highest BCUT2D eigenvalue weighted by molar-refractivity contribution is 7.92. The van der Waals surface area contributed by atoms with Crippen molar-refractivity contribution in [2.45, 2.75) is 11.4 Å². The first-order valence-electron chi connectivity index (χ1n) is 7.83. The van der Waals surface area contributed by atoms with E-state index < -0.39 is 10.0 Å². The fraction of sp³-hybridized carbons (Fsp3) is 0.167. The van der Waals surface area contributed by atoms with Crippen molar-refractivity contribution in [2.75, 3.05) is 18.9 Å². The number of rotatable bonds is 7. The molecule has 0 bridgehead atoms. The zero-order valence-corrected chi connectivity index (χ0v) is 15.2. The maximum absolute atomic E-state index is 12.7. The summed E-state index contributed by atoms with van der Waals surface area (Å²) in [7, 11) is -0.926. The van der Waals surface area contributed by atoms with Gasteiger partial charge in [0.1, 0.15) is 16.4 Å². The molecule has 7 nitrogen and oxygen atoms in total. The third-order valence-electron chi connectivity index (χ3n) is 3.77. The van der Waals surface area contributed by atoms with Gasteiger partial charge in [0.2, 0.25) is 0 Å². The lowest BCUT2D eigenvalue weighted by Crippen LogP contribution is -2.14. The molecule has 2 aromatic carbocycles. The fourth-order valence-electron chi connectivity index (χ4n) is 2.46. The lowest BCUT2D eigenvalue weighted by molar-refractivity contribution is 0.392. The van der Waals surface area contributed by atoms with E-state index in [4.69, 9.17) is 9.47 Å². The Labute approximate surface area is 152 Å². The molecule has 0 saturated carbocycles. The summed E-state index contributed by atoms with van der Waals surface area (Å²) in [6.45, 7) is 0.615. The van der Waals surface area contributed by atoms with Crippen molar-refractivity contribution in [1.29, 1.82) is 0 Å². The first kappa shape index (κ1) is 17.8. The number of benzene rings is 2. The van der Waals surface area contributed by atoms with Gasteiger partial charge in [-0.2, -0.15) is 5.10 Å². The Kier molecular flexibility index (Phi) is 5.13. The van der Waals surface area contributed by atoms with Crippen LogP contribution in [-0.4, -0.2) is 32.4 Å². The molecule has 0 amide bonds. The topological polar surface area (TPSA) is 82.5 Å². The van der Waals surface area contributed by atoms with Crippen molar-refractivity contribution in [1.82, 2.24) is 9.78 Å². The van der Waals surface area contributed by atoms with Gasteiger partial charge in [-0.1, -0.05) is 12.1 Å². The van der Waals surface area contributed by atoms with Crippen molar-refractivity contribution in [3.8, 4) is 11.5 Å². The Morgan fingerprint density at radius 2 is 1.85 bits per heavy atom. The number of methoxy groups -OCH3 is 2. The number of anilines is 1. The maximum Gasteiger partial charge on any atom is 0.265 e. The van der Waals surface area contributed by atoms with Crippen LogP contribution < -0.4 is 14.2 Å². The number of nitrogens with one attached hydrogen (secondary N) is 1. The Bertz CT molecular complexity index is 968. The number of aromatic nitrogens is 2. The maximum atomic E-state index is 12.7. The Morgan fingerprint density at radius 1 is 1.08 bits per heavy atom. The molecule has 26 heavy (non-hydrogen) atoms. The van der Waals surface area contributed by atoms with Gasteiger partial charge in [-0.15, -0.1) is 0 Å². The lowest BCUT2D eigenvalue weighted by atomic mass is 10.2. The van der Waals surface area contributed by atoms with Crippen molar-refractivity contribution in [2.24, 2.45) is 0 Å². The number of hydrogen-bond donors (Lipinski definition) is 1. The largest absolute Gasteiger partial charge is 0.497 e.